The Balaban J connectivity index is 1.40. The second kappa shape index (κ2) is 9.32. The largest absolute Gasteiger partial charge is 0.361 e. The molecule has 1 aromatic carbocycles. The Morgan fingerprint density at radius 2 is 2.00 bits per heavy atom. The van der Waals surface area contributed by atoms with E-state index in [2.05, 4.69) is 25.8 Å². The number of amides is 2. The Morgan fingerprint density at radius 1 is 1.20 bits per heavy atom. The van der Waals surface area contributed by atoms with Crippen molar-refractivity contribution in [3.8, 4) is 11.4 Å². The summed E-state index contributed by atoms with van der Waals surface area (Å²) in [6.07, 6.45) is 0.791. The van der Waals surface area contributed by atoms with Crippen molar-refractivity contribution in [2.75, 3.05) is 23.3 Å². The molecule has 1 saturated heterocycles. The molecule has 2 aliphatic heterocycles. The maximum absolute atomic E-state index is 13.1. The lowest BCUT2D eigenvalue weighted by molar-refractivity contribution is -0.119. The van der Waals surface area contributed by atoms with Gasteiger partial charge in [-0.05, 0) is 20.3 Å². The van der Waals surface area contributed by atoms with E-state index in [9.17, 15) is 9.59 Å². The van der Waals surface area contributed by atoms with Gasteiger partial charge in [-0.3, -0.25) is 9.59 Å². The zero-order chi connectivity index (χ0) is 24.5. The molecule has 0 saturated carbocycles. The van der Waals surface area contributed by atoms with E-state index < -0.39 is 0 Å². The maximum atomic E-state index is 13.1. The first kappa shape index (κ1) is 22.8. The van der Waals surface area contributed by atoms with Crippen molar-refractivity contribution in [3.05, 3.63) is 47.5 Å². The van der Waals surface area contributed by atoms with Gasteiger partial charge in [0.15, 0.2) is 0 Å². The van der Waals surface area contributed by atoms with Gasteiger partial charge in [-0.2, -0.15) is 9.97 Å². The average Bonchev–Trinajstić information content (AvgIpc) is 3.57. The Bertz CT molecular complexity index is 1240. The number of aromatic nitrogens is 4. The molecule has 11 heteroatoms. The zero-order valence-electron chi connectivity index (χ0n) is 20.0. The molecule has 0 bridgehead atoms. The van der Waals surface area contributed by atoms with Gasteiger partial charge < -0.3 is 25.0 Å². The highest BCUT2D eigenvalue weighted by atomic mass is 16.5. The SMILES string of the molecule is CC(=O)NC1CCN(c2nc(NCc3nc(-c4ccccc4)no3)c3c(n2)C(=O)N(C(C)C)C3)C1. The molecule has 3 aromatic rings. The van der Waals surface area contributed by atoms with E-state index in [-0.39, 0.29) is 30.4 Å². The topological polar surface area (TPSA) is 129 Å². The third kappa shape index (κ3) is 4.66. The van der Waals surface area contributed by atoms with E-state index in [4.69, 9.17) is 9.51 Å². The highest BCUT2D eigenvalue weighted by molar-refractivity contribution is 5.98. The Kier molecular flexibility index (Phi) is 6.06. The van der Waals surface area contributed by atoms with Crippen LogP contribution >= 0.6 is 0 Å². The number of anilines is 2. The fourth-order valence-electron chi connectivity index (χ4n) is 4.42. The molecule has 2 aromatic heterocycles. The van der Waals surface area contributed by atoms with E-state index in [1.807, 2.05) is 49.1 Å². The lowest BCUT2D eigenvalue weighted by atomic mass is 10.2. The molecule has 1 fully saturated rings. The number of benzene rings is 1. The lowest BCUT2D eigenvalue weighted by Gasteiger charge is -2.19. The highest BCUT2D eigenvalue weighted by Gasteiger charge is 2.35. The van der Waals surface area contributed by atoms with Gasteiger partial charge >= 0.3 is 0 Å². The average molecular weight is 477 g/mol. The number of carbonyl (C=O) groups is 2. The molecule has 1 atom stereocenters. The van der Waals surface area contributed by atoms with E-state index in [0.717, 1.165) is 17.5 Å². The number of hydrogen-bond acceptors (Lipinski definition) is 9. The fourth-order valence-corrected chi connectivity index (χ4v) is 4.42. The van der Waals surface area contributed by atoms with Crippen LogP contribution in [0.1, 0.15) is 49.1 Å². The van der Waals surface area contributed by atoms with E-state index in [0.29, 0.717) is 48.8 Å². The summed E-state index contributed by atoms with van der Waals surface area (Å²) in [7, 11) is 0. The summed E-state index contributed by atoms with van der Waals surface area (Å²) in [6.45, 7) is 7.44. The molecule has 11 nitrogen and oxygen atoms in total. The molecule has 0 radical (unpaired) electrons. The number of nitrogens with one attached hydrogen (secondary N) is 2. The zero-order valence-corrected chi connectivity index (χ0v) is 20.0. The second-order valence-corrected chi connectivity index (χ2v) is 9.09. The molecule has 2 amide bonds. The first-order chi connectivity index (χ1) is 16.9. The quantitative estimate of drug-likeness (QED) is 0.527. The summed E-state index contributed by atoms with van der Waals surface area (Å²) in [5, 5.41) is 10.3. The number of nitrogens with zero attached hydrogens (tertiary/aromatic N) is 6. The summed E-state index contributed by atoms with van der Waals surface area (Å²) in [6, 6.07) is 9.67. The molecule has 182 valence electrons. The van der Waals surface area contributed by atoms with Crippen molar-refractivity contribution in [2.45, 2.75) is 52.4 Å². The van der Waals surface area contributed by atoms with Gasteiger partial charge in [-0.25, -0.2) is 4.98 Å². The highest BCUT2D eigenvalue weighted by Crippen LogP contribution is 2.31. The first-order valence-electron chi connectivity index (χ1n) is 11.7. The van der Waals surface area contributed by atoms with E-state index >= 15 is 0 Å². The molecule has 4 heterocycles. The monoisotopic (exact) mass is 476 g/mol. The van der Waals surface area contributed by atoms with Crippen molar-refractivity contribution >= 4 is 23.6 Å². The first-order valence-corrected chi connectivity index (χ1v) is 11.7. The number of fused-ring (bicyclic) bond motifs is 1. The van der Waals surface area contributed by atoms with Crippen LogP contribution in [0, 0.1) is 0 Å². The summed E-state index contributed by atoms with van der Waals surface area (Å²) in [4.78, 5) is 42.2. The normalized spacial score (nSPS) is 17.3. The van der Waals surface area contributed by atoms with Gasteiger partial charge in [-0.15, -0.1) is 0 Å². The summed E-state index contributed by atoms with van der Waals surface area (Å²) in [5.74, 6) is 1.79. The van der Waals surface area contributed by atoms with Crippen molar-refractivity contribution in [1.82, 2.24) is 30.3 Å². The van der Waals surface area contributed by atoms with Crippen LogP contribution in [0.15, 0.2) is 34.9 Å². The van der Waals surface area contributed by atoms with Crippen molar-refractivity contribution < 1.29 is 14.1 Å². The van der Waals surface area contributed by atoms with E-state index in [1.54, 1.807) is 4.90 Å². The standard InChI is InChI=1S/C24H28N8O3/c1-14(2)32-13-18-20(23(32)34)28-24(31-10-9-17(12-31)26-15(3)33)29-22(18)25-11-19-27-21(30-35-19)16-7-5-4-6-8-16/h4-8,14,17H,9-13H2,1-3H3,(H,26,33)(H,25,28,29). The maximum Gasteiger partial charge on any atom is 0.273 e. The third-order valence-corrected chi connectivity index (χ3v) is 6.20. The van der Waals surface area contributed by atoms with Crippen molar-refractivity contribution in [3.63, 3.8) is 0 Å². The molecule has 35 heavy (non-hydrogen) atoms. The number of hydrogen-bond donors (Lipinski definition) is 2. The van der Waals surface area contributed by atoms with Gasteiger partial charge in [0, 0.05) is 43.2 Å². The number of rotatable bonds is 7. The van der Waals surface area contributed by atoms with Gasteiger partial charge in [0.05, 0.1) is 13.1 Å². The molecular weight excluding hydrogens is 448 g/mol. The lowest BCUT2D eigenvalue weighted by Crippen LogP contribution is -2.36. The van der Waals surface area contributed by atoms with Gasteiger partial charge in [0.1, 0.15) is 11.5 Å². The van der Waals surface area contributed by atoms with Crippen molar-refractivity contribution in [1.29, 1.82) is 0 Å². The number of carbonyl (C=O) groups excluding carboxylic acids is 2. The van der Waals surface area contributed by atoms with Gasteiger partial charge in [0.2, 0.25) is 23.6 Å². The van der Waals surface area contributed by atoms with Gasteiger partial charge in [0.25, 0.3) is 5.91 Å². The Morgan fingerprint density at radius 3 is 2.74 bits per heavy atom. The third-order valence-electron chi connectivity index (χ3n) is 6.20. The molecule has 5 rings (SSSR count). The van der Waals surface area contributed by atoms with Crippen LogP contribution in [0.3, 0.4) is 0 Å². The van der Waals surface area contributed by atoms with Crippen LogP contribution in [0.5, 0.6) is 0 Å². The van der Waals surface area contributed by atoms with Crippen LogP contribution in [0.25, 0.3) is 11.4 Å². The van der Waals surface area contributed by atoms with Crippen LogP contribution in [-0.4, -0.2) is 62.0 Å². The minimum Gasteiger partial charge on any atom is -0.361 e. The fraction of sp³-hybridized carbons (Fsp3) is 0.417. The smallest absolute Gasteiger partial charge is 0.273 e. The van der Waals surface area contributed by atoms with Crippen LogP contribution in [0.2, 0.25) is 0 Å². The Labute approximate surface area is 202 Å². The van der Waals surface area contributed by atoms with Crippen molar-refractivity contribution in [2.24, 2.45) is 0 Å². The van der Waals surface area contributed by atoms with E-state index in [1.165, 1.54) is 6.92 Å². The predicted octanol–water partition coefficient (Wildman–Crippen LogP) is 2.22. The molecule has 2 N–H and O–H groups in total. The molecule has 0 aliphatic carbocycles. The summed E-state index contributed by atoms with van der Waals surface area (Å²) in [5.41, 5.74) is 2.03. The second-order valence-electron chi connectivity index (χ2n) is 9.09. The minimum absolute atomic E-state index is 0.0263. The van der Waals surface area contributed by atoms with Crippen LogP contribution < -0.4 is 15.5 Å². The molecule has 2 aliphatic rings. The minimum atomic E-state index is -0.108. The molecular formula is C24H28N8O3. The molecule has 0 spiro atoms. The summed E-state index contributed by atoms with van der Waals surface area (Å²) < 4.78 is 5.43. The summed E-state index contributed by atoms with van der Waals surface area (Å²) >= 11 is 0. The Hall–Kier alpha value is -4.02. The van der Waals surface area contributed by atoms with Gasteiger partial charge in [-0.1, -0.05) is 35.5 Å². The predicted molar refractivity (Wildman–Crippen MR) is 129 cm³/mol. The van der Waals surface area contributed by atoms with Crippen LogP contribution in [0.4, 0.5) is 11.8 Å². The van der Waals surface area contributed by atoms with Crippen LogP contribution in [-0.2, 0) is 17.9 Å². The molecule has 1 unspecified atom stereocenters.